The van der Waals surface area contributed by atoms with Crippen molar-refractivity contribution in [2.45, 2.75) is 25.0 Å². The Kier molecular flexibility index (Phi) is 3.25. The minimum atomic E-state index is -0.967. The summed E-state index contributed by atoms with van der Waals surface area (Å²) in [6.45, 7) is 0.0113. The highest BCUT2D eigenvalue weighted by Crippen LogP contribution is 2.19. The Morgan fingerprint density at radius 1 is 1.58 bits per heavy atom. The van der Waals surface area contributed by atoms with E-state index in [0.717, 1.165) is 18.9 Å². The van der Waals surface area contributed by atoms with Gasteiger partial charge in [-0.1, -0.05) is 0 Å². The maximum atomic E-state index is 10.1. The van der Waals surface area contributed by atoms with Crippen LogP contribution < -0.4 is 0 Å². The van der Waals surface area contributed by atoms with Gasteiger partial charge in [0.2, 0.25) is 0 Å². The third-order valence-corrected chi connectivity index (χ3v) is 1.80. The molecule has 1 aliphatic rings. The van der Waals surface area contributed by atoms with E-state index in [2.05, 4.69) is 0 Å². The molecule has 2 atom stereocenters. The van der Waals surface area contributed by atoms with Crippen molar-refractivity contribution < 1.29 is 19.7 Å². The van der Waals surface area contributed by atoms with Crippen molar-refractivity contribution in [1.29, 1.82) is 0 Å². The van der Waals surface area contributed by atoms with Crippen molar-refractivity contribution in [2.24, 2.45) is 0 Å². The Hall–Kier alpha value is -0.870. The Bertz CT molecular complexity index is 187. The van der Waals surface area contributed by atoms with E-state index >= 15 is 0 Å². The number of aliphatic hydroxyl groups excluding tert-OH is 1. The Labute approximate surface area is 70.5 Å². The van der Waals surface area contributed by atoms with Gasteiger partial charge in [-0.2, -0.15) is 0 Å². The highest BCUT2D eigenvalue weighted by atomic mass is 16.5. The fourth-order valence-corrected chi connectivity index (χ4v) is 1.20. The van der Waals surface area contributed by atoms with Crippen LogP contribution in [-0.2, 0) is 9.53 Å². The van der Waals surface area contributed by atoms with Gasteiger partial charge in [-0.25, -0.2) is 4.79 Å². The highest BCUT2D eigenvalue weighted by Gasteiger charge is 2.22. The molecule has 2 N–H and O–H groups in total. The molecule has 4 heteroatoms. The standard InChI is InChI=1S/C8H12O4/c9-5-7-2-1-6(12-7)3-4-8(10)11/h3-4,6-7,9H,1-2,5H2,(H,10,11). The first-order valence-corrected chi connectivity index (χ1v) is 3.90. The summed E-state index contributed by atoms with van der Waals surface area (Å²) in [5, 5.41) is 17.0. The molecule has 0 amide bonds. The molecule has 0 aromatic heterocycles. The lowest BCUT2D eigenvalue weighted by Gasteiger charge is -2.06. The van der Waals surface area contributed by atoms with E-state index in [9.17, 15) is 4.79 Å². The molecule has 1 fully saturated rings. The average molecular weight is 172 g/mol. The fourth-order valence-electron chi connectivity index (χ4n) is 1.20. The second-order valence-electron chi connectivity index (χ2n) is 2.75. The normalized spacial score (nSPS) is 29.8. The zero-order valence-electron chi connectivity index (χ0n) is 6.64. The van der Waals surface area contributed by atoms with Crippen molar-refractivity contribution in [1.82, 2.24) is 0 Å². The Morgan fingerprint density at radius 2 is 2.33 bits per heavy atom. The number of rotatable bonds is 3. The number of ether oxygens (including phenoxy) is 1. The molecule has 1 aliphatic heterocycles. The zero-order valence-corrected chi connectivity index (χ0v) is 6.64. The average Bonchev–Trinajstić information content (AvgIpc) is 2.48. The fraction of sp³-hybridized carbons (Fsp3) is 0.625. The summed E-state index contributed by atoms with van der Waals surface area (Å²) in [4.78, 5) is 10.1. The summed E-state index contributed by atoms with van der Waals surface area (Å²) in [7, 11) is 0. The smallest absolute Gasteiger partial charge is 0.328 e. The maximum absolute atomic E-state index is 10.1. The largest absolute Gasteiger partial charge is 0.478 e. The summed E-state index contributed by atoms with van der Waals surface area (Å²) in [5.41, 5.74) is 0. The van der Waals surface area contributed by atoms with Crippen LogP contribution in [0, 0.1) is 0 Å². The van der Waals surface area contributed by atoms with Gasteiger partial charge in [-0.15, -0.1) is 0 Å². The SMILES string of the molecule is O=C(O)C=CC1CCC(CO)O1. The van der Waals surface area contributed by atoms with Gasteiger partial charge in [-0.05, 0) is 18.9 Å². The van der Waals surface area contributed by atoms with Crippen LogP contribution in [0.15, 0.2) is 12.2 Å². The highest BCUT2D eigenvalue weighted by molar-refractivity contribution is 5.79. The van der Waals surface area contributed by atoms with Crippen molar-refractivity contribution in [3.63, 3.8) is 0 Å². The maximum Gasteiger partial charge on any atom is 0.328 e. The molecule has 0 saturated carbocycles. The van der Waals surface area contributed by atoms with E-state index in [4.69, 9.17) is 14.9 Å². The van der Waals surface area contributed by atoms with E-state index < -0.39 is 5.97 Å². The number of hydrogen-bond donors (Lipinski definition) is 2. The monoisotopic (exact) mass is 172 g/mol. The first-order valence-electron chi connectivity index (χ1n) is 3.90. The van der Waals surface area contributed by atoms with Crippen molar-refractivity contribution in [2.75, 3.05) is 6.61 Å². The molecule has 1 saturated heterocycles. The number of aliphatic carboxylic acids is 1. The van der Waals surface area contributed by atoms with Crippen LogP contribution in [0.25, 0.3) is 0 Å². The molecule has 0 radical (unpaired) electrons. The second-order valence-corrected chi connectivity index (χ2v) is 2.75. The molecular weight excluding hydrogens is 160 g/mol. The second kappa shape index (κ2) is 4.23. The third-order valence-electron chi connectivity index (χ3n) is 1.80. The lowest BCUT2D eigenvalue weighted by atomic mass is 10.2. The third kappa shape index (κ3) is 2.64. The van der Waals surface area contributed by atoms with Gasteiger partial charge < -0.3 is 14.9 Å². The number of carbonyl (C=O) groups is 1. The van der Waals surface area contributed by atoms with Crippen LogP contribution in [0.2, 0.25) is 0 Å². The molecule has 1 rings (SSSR count). The van der Waals surface area contributed by atoms with Gasteiger partial charge in [0.15, 0.2) is 0 Å². The number of hydrogen-bond acceptors (Lipinski definition) is 3. The minimum absolute atomic E-state index is 0.0113. The minimum Gasteiger partial charge on any atom is -0.478 e. The van der Waals surface area contributed by atoms with E-state index in [-0.39, 0.29) is 18.8 Å². The van der Waals surface area contributed by atoms with Gasteiger partial charge in [0.1, 0.15) is 0 Å². The van der Waals surface area contributed by atoms with Gasteiger partial charge in [0.25, 0.3) is 0 Å². The Morgan fingerprint density at radius 3 is 2.83 bits per heavy atom. The van der Waals surface area contributed by atoms with Crippen molar-refractivity contribution in [3.05, 3.63) is 12.2 Å². The molecular formula is C8H12O4. The van der Waals surface area contributed by atoms with Crippen LogP contribution in [0.1, 0.15) is 12.8 Å². The molecule has 4 nitrogen and oxygen atoms in total. The summed E-state index contributed by atoms with van der Waals surface area (Å²) < 4.78 is 5.26. The predicted molar refractivity (Wildman–Crippen MR) is 41.8 cm³/mol. The molecule has 0 aromatic rings. The van der Waals surface area contributed by atoms with Gasteiger partial charge in [0, 0.05) is 6.08 Å². The molecule has 68 valence electrons. The predicted octanol–water partition coefficient (Wildman–Crippen LogP) is 0.167. The van der Waals surface area contributed by atoms with E-state index in [1.54, 1.807) is 0 Å². The first kappa shape index (κ1) is 9.22. The summed E-state index contributed by atoms with van der Waals surface area (Å²) in [6.07, 6.45) is 3.91. The molecule has 0 aromatic carbocycles. The quantitative estimate of drug-likeness (QED) is 0.595. The lowest BCUT2D eigenvalue weighted by Crippen LogP contribution is -2.13. The Balaban J connectivity index is 2.32. The van der Waals surface area contributed by atoms with E-state index in [0.29, 0.717) is 0 Å². The number of carboxylic acid groups (broad SMARTS) is 1. The summed E-state index contributed by atoms with van der Waals surface area (Å²) in [5.74, 6) is -0.967. The first-order chi connectivity index (χ1) is 5.72. The van der Waals surface area contributed by atoms with Crippen molar-refractivity contribution >= 4 is 5.97 Å². The van der Waals surface area contributed by atoms with Crippen LogP contribution in [0.4, 0.5) is 0 Å². The van der Waals surface area contributed by atoms with Gasteiger partial charge >= 0.3 is 5.97 Å². The van der Waals surface area contributed by atoms with E-state index in [1.807, 2.05) is 0 Å². The molecule has 12 heavy (non-hydrogen) atoms. The molecule has 1 heterocycles. The molecule has 0 bridgehead atoms. The van der Waals surface area contributed by atoms with Crippen LogP contribution in [0.5, 0.6) is 0 Å². The number of aliphatic hydroxyl groups is 1. The van der Waals surface area contributed by atoms with Crippen LogP contribution in [0.3, 0.4) is 0 Å². The summed E-state index contributed by atoms with van der Waals surface area (Å²) >= 11 is 0. The van der Waals surface area contributed by atoms with Crippen LogP contribution in [-0.4, -0.2) is 35.0 Å². The van der Waals surface area contributed by atoms with Crippen molar-refractivity contribution in [3.8, 4) is 0 Å². The molecule has 0 spiro atoms. The molecule has 0 aliphatic carbocycles. The topological polar surface area (TPSA) is 66.8 Å². The molecule has 2 unspecified atom stereocenters. The van der Waals surface area contributed by atoms with E-state index in [1.165, 1.54) is 6.08 Å². The zero-order chi connectivity index (χ0) is 8.97. The lowest BCUT2D eigenvalue weighted by molar-refractivity contribution is -0.131. The van der Waals surface area contributed by atoms with Crippen LogP contribution >= 0.6 is 0 Å². The van der Waals surface area contributed by atoms with Gasteiger partial charge in [-0.3, -0.25) is 0 Å². The van der Waals surface area contributed by atoms with Gasteiger partial charge in [0.05, 0.1) is 18.8 Å². The summed E-state index contributed by atoms with van der Waals surface area (Å²) in [6, 6.07) is 0. The number of carboxylic acids is 1.